The van der Waals surface area contributed by atoms with Gasteiger partial charge in [-0.2, -0.15) is 9.90 Å². The van der Waals surface area contributed by atoms with Crippen LogP contribution in [0.1, 0.15) is 14.9 Å². The lowest BCUT2D eigenvalue weighted by molar-refractivity contribution is 2.50. The third-order valence-electron chi connectivity index (χ3n) is 0. The fourth-order valence-corrected chi connectivity index (χ4v) is 0. The molecule has 0 aliphatic heterocycles. The molecule has 0 aliphatic rings. The van der Waals surface area contributed by atoms with E-state index in [1.165, 1.54) is 0 Å². The first kappa shape index (κ1) is 40.0. The zero-order chi connectivity index (χ0) is 2.00. The molecule has 0 nitrogen and oxygen atoms in total. The van der Waals surface area contributed by atoms with Gasteiger partial charge in [0.05, 0.1) is 0 Å². The van der Waals surface area contributed by atoms with Gasteiger partial charge < -0.3 is 0 Å². The van der Waals surface area contributed by atoms with Gasteiger partial charge in [-0.15, -0.1) is 9.24 Å². The normalized spacial score (nSPS) is 1.20. The molecule has 0 aromatic heterocycles. The second-order valence-electron chi connectivity index (χ2n) is 0. The van der Waals surface area contributed by atoms with Crippen LogP contribution in [0.15, 0.2) is 0 Å². The van der Waals surface area contributed by atoms with Crippen molar-refractivity contribution in [3.63, 3.8) is 0 Å². The molecule has 0 saturated carbocycles. The molecule has 2 heteroatoms. The van der Waals surface area contributed by atoms with E-state index < -0.39 is 0 Å². The van der Waals surface area contributed by atoms with Gasteiger partial charge in [0, 0.05) is 0 Å². The zero-order valence-corrected chi connectivity index (χ0v) is 4.85. The summed E-state index contributed by atoms with van der Waals surface area (Å²) in [6.07, 6.45) is 0. The van der Waals surface area contributed by atoms with Crippen LogP contribution >= 0.6 is 19.1 Å². The summed E-state index contributed by atoms with van der Waals surface area (Å²) >= 11 is 0. The lowest BCUT2D eigenvalue weighted by Crippen LogP contribution is -0.804. The van der Waals surface area contributed by atoms with Crippen LogP contribution in [-0.2, 0) is 0 Å². The van der Waals surface area contributed by atoms with Crippen LogP contribution in [-0.4, -0.2) is 6.66 Å². The van der Waals surface area contributed by atoms with Crippen molar-refractivity contribution in [3.05, 3.63) is 0 Å². The predicted octanol–water partition coefficient (Wildman–Crippen LogP) is 1.82. The van der Waals surface area contributed by atoms with E-state index in [1.54, 1.807) is 0 Å². The number of rotatable bonds is 0. The van der Waals surface area contributed by atoms with Gasteiger partial charge >= 0.3 is 0 Å². The molecule has 2 atom stereocenters. The molecule has 0 fully saturated rings. The fourth-order valence-electron chi connectivity index (χ4n) is 0. The van der Waals surface area contributed by atoms with E-state index in [2.05, 4.69) is 9.24 Å². The maximum absolute atomic E-state index is 2.42. The fraction of sp³-hybridized carbons (Fsp3) is 1.00. The summed E-state index contributed by atoms with van der Waals surface area (Å²) in [5.74, 6) is 0. The minimum Gasteiger partial charge on any atom is -0.153 e. The van der Waals surface area contributed by atoms with Crippen LogP contribution in [0.25, 0.3) is 0 Å². The first-order valence-electron chi connectivity index (χ1n) is 0.577. The zero-order valence-electron chi connectivity index (χ0n) is 2.28. The van der Waals surface area contributed by atoms with E-state index in [0.717, 1.165) is 0 Å². The summed E-state index contributed by atoms with van der Waals surface area (Å²) in [6.45, 7) is 1.92. The molecule has 5 heavy (non-hydrogen) atoms. The van der Waals surface area contributed by atoms with Crippen molar-refractivity contribution < 1.29 is 0 Å². The molecule has 0 aromatic carbocycles. The molecule has 0 spiro atoms. The Morgan fingerprint density at radius 2 is 1.00 bits per heavy atom. The van der Waals surface area contributed by atoms with E-state index in [-0.39, 0.29) is 24.8 Å². The summed E-state index contributed by atoms with van der Waals surface area (Å²) in [4.78, 5) is 0. The molecular weight excluding hydrogens is 98.0 g/mol. The summed E-state index contributed by atoms with van der Waals surface area (Å²) < 4.78 is 0. The minimum atomic E-state index is 0. The van der Waals surface area contributed by atoms with Crippen LogP contribution in [0.4, 0.5) is 0 Å². The Morgan fingerprint density at radius 3 is 1.00 bits per heavy atom. The Bertz CT molecular complexity index is 4.85. The molecule has 0 bridgehead atoms. The average molecular weight is 114 g/mol. The van der Waals surface area contributed by atoms with Gasteiger partial charge in [0.2, 0.25) is 0 Å². The molecule has 0 radical (unpaired) electrons. The second kappa shape index (κ2) is 97.9. The molecule has 0 rings (SSSR count). The highest BCUT2D eigenvalue weighted by Gasteiger charge is 0.906. The van der Waals surface area contributed by atoms with Crippen LogP contribution < -0.4 is 0 Å². The molecule has 0 aromatic rings. The Morgan fingerprint density at radius 1 is 1.00 bits per heavy atom. The van der Waals surface area contributed by atoms with E-state index in [1.807, 2.05) is 6.66 Å². The summed E-state index contributed by atoms with van der Waals surface area (Å²) in [6, 6.07) is 0. The van der Waals surface area contributed by atoms with Crippen molar-refractivity contribution in [1.82, 2.24) is 0 Å². The first-order chi connectivity index (χ1) is 1.00. The van der Waals surface area contributed by atoms with E-state index >= 15 is 0 Å². The third kappa shape index (κ3) is 53.7. The van der Waals surface area contributed by atoms with Crippen molar-refractivity contribution in [2.24, 2.45) is 0 Å². The van der Waals surface area contributed by atoms with Crippen molar-refractivity contribution in [1.29, 1.82) is 0 Å². The Labute approximate surface area is 41.6 Å². The monoisotopic (exact) mass is 114 g/mol. The topological polar surface area (TPSA) is 0 Å². The highest BCUT2D eigenvalue weighted by molar-refractivity contribution is 7.15. The van der Waals surface area contributed by atoms with E-state index in [4.69, 9.17) is 0 Å². The second-order valence-corrected chi connectivity index (χ2v) is 0. The van der Waals surface area contributed by atoms with Crippen LogP contribution in [0.3, 0.4) is 0 Å². The lowest BCUT2D eigenvalue weighted by atomic mass is 12.0. The van der Waals surface area contributed by atoms with Crippen LogP contribution in [0.2, 0.25) is 0 Å². The summed E-state index contributed by atoms with van der Waals surface area (Å²) in [5.41, 5.74) is 0. The highest BCUT2D eigenvalue weighted by atomic mass is 31.0. The van der Waals surface area contributed by atoms with Crippen LogP contribution in [0, 0.1) is 0 Å². The first-order valence-corrected chi connectivity index (χ1v) is 1.73. The Hall–Kier alpha value is 0.860. The number of hydrogen-bond acceptors (Lipinski definition) is 0. The molecule has 0 heterocycles. The lowest BCUT2D eigenvalue weighted by Gasteiger charge is -1.10. The maximum atomic E-state index is 2.42. The van der Waals surface area contributed by atoms with E-state index in [9.17, 15) is 0 Å². The van der Waals surface area contributed by atoms with Gasteiger partial charge in [-0.25, -0.2) is 0 Å². The molecule has 2 unspecified atom stereocenters. The van der Waals surface area contributed by atoms with Crippen molar-refractivity contribution in [3.8, 4) is 0 Å². The molecule has 38 valence electrons. The van der Waals surface area contributed by atoms with Gasteiger partial charge in [-0.05, 0) is 0 Å². The predicted molar refractivity (Wildman–Crippen MR) is 40.2 cm³/mol. The molecule has 0 amide bonds. The molecule has 0 N–H and O–H groups in total. The Kier molecular flexibility index (Phi) is 783. The third-order valence-corrected chi connectivity index (χ3v) is 0. The molecule has 0 saturated heterocycles. The van der Waals surface area contributed by atoms with Gasteiger partial charge in [-0.3, -0.25) is 0 Å². The quantitative estimate of drug-likeness (QED) is 0.421. The van der Waals surface area contributed by atoms with Crippen molar-refractivity contribution in [2.45, 2.75) is 14.9 Å². The highest BCUT2D eigenvalue weighted by Crippen LogP contribution is 1.46. The number of hydrogen-bond donors (Lipinski definition) is 0. The van der Waals surface area contributed by atoms with Gasteiger partial charge in [-0.1, -0.05) is 21.5 Å². The smallest absolute Gasteiger partial charge is 0.0500 e. The standard InChI is InChI=1S/CH5P.2CH4.H3P/c1-2;;;/h2H2,1H3;2*1H4;1H3. The Balaban J connectivity index is -0.00000000167. The van der Waals surface area contributed by atoms with Crippen molar-refractivity contribution >= 4 is 19.1 Å². The van der Waals surface area contributed by atoms with E-state index in [0.29, 0.717) is 0 Å². The molecular formula is C3H16P2. The van der Waals surface area contributed by atoms with Crippen LogP contribution in [0.5, 0.6) is 0 Å². The van der Waals surface area contributed by atoms with Gasteiger partial charge in [0.15, 0.2) is 0 Å². The van der Waals surface area contributed by atoms with Gasteiger partial charge in [0.25, 0.3) is 0 Å². The van der Waals surface area contributed by atoms with Crippen molar-refractivity contribution in [2.75, 3.05) is 6.66 Å². The average Bonchev–Trinajstić information content (AvgIpc) is 1.00. The largest absolute Gasteiger partial charge is 0.153 e. The van der Waals surface area contributed by atoms with Gasteiger partial charge in [0.1, 0.15) is 0 Å². The molecule has 0 aliphatic carbocycles. The summed E-state index contributed by atoms with van der Waals surface area (Å²) in [5, 5.41) is 0. The summed E-state index contributed by atoms with van der Waals surface area (Å²) in [7, 11) is 2.42. The minimum absolute atomic E-state index is 0. The SMILES string of the molecule is C.C.CP.P. The maximum Gasteiger partial charge on any atom is -0.0500 e.